The molecule has 0 amide bonds. The Kier molecular flexibility index (Phi) is 72.0. The summed E-state index contributed by atoms with van der Waals surface area (Å²) in [4.78, 5) is 16.5. The molecule has 0 fully saturated rings. The summed E-state index contributed by atoms with van der Waals surface area (Å²) in [7, 11) is 0. The zero-order chi connectivity index (χ0) is 5.41. The summed E-state index contributed by atoms with van der Waals surface area (Å²) in [5.74, 6) is 0. The zero-order valence-electron chi connectivity index (χ0n) is 3.49. The number of carbonyl (C=O) groups is 2. The van der Waals surface area contributed by atoms with Crippen LogP contribution in [0.1, 0.15) is 0 Å². The zero-order valence-corrected chi connectivity index (χ0v) is 6.97. The Balaban J connectivity index is -0.0000000400. The molecule has 0 saturated carbocycles. The van der Waals surface area contributed by atoms with E-state index in [1.165, 1.54) is 0 Å². The molecule has 0 unspecified atom stereocenters. The van der Waals surface area contributed by atoms with Crippen LogP contribution >= 0.6 is 0 Å². The van der Waals surface area contributed by atoms with Crippen LogP contribution in [-0.4, -0.2) is 58.4 Å². The topological polar surface area (TPSA) is 80.3 Å². The van der Waals surface area contributed by atoms with Gasteiger partial charge in [-0.2, -0.15) is 0 Å². The predicted octanol–water partition coefficient (Wildman–Crippen LogP) is -3.65. The molecule has 0 saturated heterocycles. The van der Waals surface area contributed by atoms with Gasteiger partial charge in [-0.05, 0) is 0 Å². The van der Waals surface area contributed by atoms with Gasteiger partial charge < -0.3 is 19.8 Å². The van der Waals surface area contributed by atoms with Crippen LogP contribution in [0.4, 0.5) is 0 Å². The van der Waals surface area contributed by atoms with Crippen LogP contribution in [0.15, 0.2) is 0 Å². The van der Waals surface area contributed by atoms with E-state index in [-0.39, 0.29) is 45.5 Å². The van der Waals surface area contributed by atoms with Crippen LogP contribution in [-0.2, 0) is 9.59 Å². The van der Waals surface area contributed by atoms with Gasteiger partial charge in [-0.1, -0.05) is 0 Å². The molecule has 0 atom stereocenters. The summed E-state index contributed by atoms with van der Waals surface area (Å²) in [6.45, 7) is -1.00. The van der Waals surface area contributed by atoms with Crippen molar-refractivity contribution in [3.63, 3.8) is 0 Å². The third-order valence-corrected chi connectivity index (χ3v) is 0. The standard InChI is InChI=1S/2CH2O2.Sr/c2*2-1-3;/h2*1H,(H,2,3);/q;;+2/p-2. The maximum absolute atomic E-state index is 8.25. The molecule has 0 spiro atoms. The molecule has 0 N–H and O–H groups in total. The van der Waals surface area contributed by atoms with E-state index in [0.29, 0.717) is 0 Å². The molecule has 0 aliphatic carbocycles. The summed E-state index contributed by atoms with van der Waals surface area (Å²) < 4.78 is 0. The minimum absolute atomic E-state index is 0. The fourth-order valence-electron chi connectivity index (χ4n) is 0. The van der Waals surface area contributed by atoms with Crippen LogP contribution in [0, 0.1) is 0 Å². The van der Waals surface area contributed by atoms with Crippen molar-refractivity contribution >= 4 is 58.4 Å². The van der Waals surface area contributed by atoms with Crippen LogP contribution in [0.5, 0.6) is 0 Å². The van der Waals surface area contributed by atoms with Crippen molar-refractivity contribution in [2.24, 2.45) is 0 Å². The summed E-state index contributed by atoms with van der Waals surface area (Å²) in [5.41, 5.74) is 0. The Bertz CT molecular complexity index is 30.7. The van der Waals surface area contributed by atoms with Gasteiger partial charge in [0, 0.05) is 12.9 Å². The van der Waals surface area contributed by atoms with Crippen molar-refractivity contribution in [3.05, 3.63) is 0 Å². The van der Waals surface area contributed by atoms with Gasteiger partial charge in [0.05, 0.1) is 0 Å². The molecule has 0 aliphatic rings. The molecule has 0 aromatic carbocycles. The number of hydrogen-bond donors (Lipinski definition) is 0. The van der Waals surface area contributed by atoms with Crippen LogP contribution in [0.3, 0.4) is 0 Å². The summed E-state index contributed by atoms with van der Waals surface area (Å²) >= 11 is 0. The maximum atomic E-state index is 8.25. The Morgan fingerprint density at radius 1 is 1.00 bits per heavy atom. The second-order valence-electron chi connectivity index (χ2n) is 0.192. The monoisotopic (exact) mass is 178 g/mol. The molecule has 5 heteroatoms. The molecule has 7 heavy (non-hydrogen) atoms. The van der Waals surface area contributed by atoms with Crippen molar-refractivity contribution in [2.75, 3.05) is 0 Å². The van der Waals surface area contributed by atoms with Crippen LogP contribution in [0.2, 0.25) is 0 Å². The number of hydrogen-bond acceptors (Lipinski definition) is 4. The van der Waals surface area contributed by atoms with Crippen molar-refractivity contribution < 1.29 is 19.8 Å². The SMILES string of the molecule is O=C[O-].O=C[O-].[Sr+2]. The Labute approximate surface area is 77.4 Å². The fourth-order valence-corrected chi connectivity index (χ4v) is 0. The molecule has 36 valence electrons. The number of carboxylic acid groups (broad SMARTS) is 2. The van der Waals surface area contributed by atoms with Crippen molar-refractivity contribution in [2.45, 2.75) is 0 Å². The van der Waals surface area contributed by atoms with Gasteiger partial charge in [0.2, 0.25) is 0 Å². The third kappa shape index (κ3) is 709. The normalized spacial score (nSPS) is 3.43. The first-order valence-corrected chi connectivity index (χ1v) is 0.943. The Hall–Kier alpha value is 0.421. The van der Waals surface area contributed by atoms with E-state index < -0.39 is 12.9 Å². The van der Waals surface area contributed by atoms with Crippen LogP contribution < -0.4 is 10.2 Å². The van der Waals surface area contributed by atoms with Crippen molar-refractivity contribution in [3.8, 4) is 0 Å². The first-order valence-electron chi connectivity index (χ1n) is 0.943. The van der Waals surface area contributed by atoms with E-state index in [1.54, 1.807) is 0 Å². The first-order chi connectivity index (χ1) is 2.83. The van der Waals surface area contributed by atoms with Gasteiger partial charge in [0.1, 0.15) is 0 Å². The van der Waals surface area contributed by atoms with Crippen LogP contribution in [0.25, 0.3) is 0 Å². The van der Waals surface area contributed by atoms with Gasteiger partial charge in [-0.25, -0.2) is 0 Å². The molecule has 0 aromatic heterocycles. The van der Waals surface area contributed by atoms with E-state index in [0.717, 1.165) is 0 Å². The molecule has 4 nitrogen and oxygen atoms in total. The molecular weight excluding hydrogens is 176 g/mol. The quantitative estimate of drug-likeness (QED) is 0.282. The summed E-state index contributed by atoms with van der Waals surface area (Å²) in [5, 5.41) is 16.5. The third-order valence-electron chi connectivity index (χ3n) is 0. The Morgan fingerprint density at radius 3 is 1.00 bits per heavy atom. The molecule has 0 heterocycles. The molecule has 0 rings (SSSR count). The molecule has 0 aliphatic heterocycles. The van der Waals surface area contributed by atoms with E-state index in [2.05, 4.69) is 0 Å². The number of carbonyl (C=O) groups excluding carboxylic acids is 2. The first kappa shape index (κ1) is 15.7. The smallest absolute Gasteiger partial charge is 0.554 e. The van der Waals surface area contributed by atoms with Crippen molar-refractivity contribution in [1.82, 2.24) is 0 Å². The van der Waals surface area contributed by atoms with E-state index in [4.69, 9.17) is 19.8 Å². The summed E-state index contributed by atoms with van der Waals surface area (Å²) in [6.07, 6.45) is 0. The van der Waals surface area contributed by atoms with Gasteiger partial charge in [-0.15, -0.1) is 0 Å². The van der Waals surface area contributed by atoms with Gasteiger partial charge >= 0.3 is 45.5 Å². The second kappa shape index (κ2) is 32.2. The van der Waals surface area contributed by atoms with Gasteiger partial charge in [-0.3, -0.25) is 0 Å². The molecular formula is C2H2O4Sr. The molecule has 0 bridgehead atoms. The maximum Gasteiger partial charge on any atom is 2.00 e. The average Bonchev–Trinajstić information content (AvgIpc) is 1.39. The predicted molar refractivity (Wildman–Crippen MR) is 17.9 cm³/mol. The van der Waals surface area contributed by atoms with Gasteiger partial charge in [0.25, 0.3) is 0 Å². The van der Waals surface area contributed by atoms with E-state index in [1.807, 2.05) is 0 Å². The fraction of sp³-hybridized carbons (Fsp3) is 0. The average molecular weight is 178 g/mol. The summed E-state index contributed by atoms with van der Waals surface area (Å²) in [6, 6.07) is 0. The van der Waals surface area contributed by atoms with E-state index in [9.17, 15) is 0 Å². The van der Waals surface area contributed by atoms with Gasteiger partial charge in [0.15, 0.2) is 0 Å². The molecule has 0 aromatic rings. The molecule has 0 radical (unpaired) electrons. The largest absolute Gasteiger partial charge is 2.00 e. The van der Waals surface area contributed by atoms with E-state index >= 15 is 0 Å². The second-order valence-corrected chi connectivity index (χ2v) is 0.192. The van der Waals surface area contributed by atoms with Crippen molar-refractivity contribution in [1.29, 1.82) is 0 Å². The minimum atomic E-state index is -0.500. The minimum Gasteiger partial charge on any atom is -0.554 e. The Morgan fingerprint density at radius 2 is 1.00 bits per heavy atom. The number of rotatable bonds is 0.